The average molecular weight is 332 g/mol. The minimum Gasteiger partial charge on any atom is -0.403 e. The lowest BCUT2D eigenvalue weighted by molar-refractivity contribution is 0.00578. The number of hydrogen-bond acceptors (Lipinski definition) is 4. The van der Waals surface area contributed by atoms with Gasteiger partial charge in [0.1, 0.15) is 0 Å². The maximum absolute atomic E-state index is 9.43. The van der Waals surface area contributed by atoms with Crippen molar-refractivity contribution in [2.45, 2.75) is 51.1 Å². The molecule has 0 bridgehead atoms. The lowest BCUT2D eigenvalue weighted by atomic mass is 9.65. The number of nitriles is 2. The summed E-state index contributed by atoms with van der Waals surface area (Å²) in [5.41, 5.74) is 2.39. The lowest BCUT2D eigenvalue weighted by Crippen LogP contribution is -2.41. The van der Waals surface area contributed by atoms with E-state index < -0.39 is 18.3 Å². The molecule has 1 saturated heterocycles. The van der Waals surface area contributed by atoms with Gasteiger partial charge in [-0.15, -0.1) is 0 Å². The van der Waals surface area contributed by atoms with Gasteiger partial charge in [-0.2, -0.15) is 10.5 Å². The molecule has 0 saturated carbocycles. The summed E-state index contributed by atoms with van der Waals surface area (Å²) in [6, 6.07) is 11.9. The zero-order valence-electron chi connectivity index (χ0n) is 15.0. The van der Waals surface area contributed by atoms with Crippen molar-refractivity contribution >= 4 is 12.7 Å². The largest absolute Gasteiger partial charge is 0.465 e. The van der Waals surface area contributed by atoms with E-state index in [0.717, 1.165) is 11.1 Å². The monoisotopic (exact) mass is 332 g/mol. The predicted molar refractivity (Wildman–Crippen MR) is 97.3 cm³/mol. The third kappa shape index (κ3) is 3.26. The summed E-state index contributed by atoms with van der Waals surface area (Å²) in [5.74, 6) is -0.0403. The summed E-state index contributed by atoms with van der Waals surface area (Å²) < 4.78 is 12.3. The van der Waals surface area contributed by atoms with E-state index in [1.165, 1.54) is 0 Å². The Hall–Kier alpha value is -2.34. The van der Waals surface area contributed by atoms with Gasteiger partial charge < -0.3 is 9.31 Å². The number of nitrogens with zero attached hydrogens (tertiary/aromatic N) is 2. The molecular weight excluding hydrogens is 311 g/mol. The van der Waals surface area contributed by atoms with Crippen LogP contribution in [0.1, 0.15) is 45.2 Å². The van der Waals surface area contributed by atoms with Crippen LogP contribution in [0.2, 0.25) is 5.82 Å². The van der Waals surface area contributed by atoms with Crippen LogP contribution >= 0.6 is 0 Å². The molecule has 126 valence electrons. The summed E-state index contributed by atoms with van der Waals surface area (Å²) in [5, 5.41) is 18.6. The van der Waals surface area contributed by atoms with Gasteiger partial charge >= 0.3 is 7.12 Å². The van der Waals surface area contributed by atoms with E-state index in [9.17, 15) is 5.26 Å². The molecule has 1 heterocycles. The molecule has 0 spiro atoms. The molecule has 0 amide bonds. The van der Waals surface area contributed by atoms with Crippen LogP contribution in [0.4, 0.5) is 0 Å². The van der Waals surface area contributed by atoms with Gasteiger partial charge in [0.25, 0.3) is 0 Å². The zero-order chi connectivity index (χ0) is 18.2. The maximum atomic E-state index is 9.43. The second-order valence-electron chi connectivity index (χ2n) is 7.59. The van der Waals surface area contributed by atoms with Gasteiger partial charge in [-0.1, -0.05) is 18.2 Å². The molecule has 25 heavy (non-hydrogen) atoms. The van der Waals surface area contributed by atoms with Gasteiger partial charge in [0.05, 0.1) is 28.9 Å². The molecule has 2 aliphatic rings. The van der Waals surface area contributed by atoms with E-state index in [1.807, 2.05) is 58.0 Å². The highest BCUT2D eigenvalue weighted by molar-refractivity contribution is 6.48. The summed E-state index contributed by atoms with van der Waals surface area (Å²) >= 11 is 0. The Kier molecular flexibility index (Phi) is 4.33. The van der Waals surface area contributed by atoms with Gasteiger partial charge in [0, 0.05) is 11.4 Å². The van der Waals surface area contributed by atoms with E-state index in [0.29, 0.717) is 17.6 Å². The van der Waals surface area contributed by atoms with E-state index >= 15 is 0 Å². The van der Waals surface area contributed by atoms with Crippen LogP contribution < -0.4 is 0 Å². The standard InChI is InChI=1S/C20H21BN2O2/c1-19(2)20(3,4)25-21(24-19)18-10-15(13-23)9-17(11-18)16-7-5-6-14(8-16)12-22/h5-10,18H,11H2,1-4H3. The van der Waals surface area contributed by atoms with Crippen molar-refractivity contribution in [3.8, 4) is 12.1 Å². The SMILES string of the molecule is CC1(C)OB(C2C=C(C#N)C=C(c3cccc(C#N)c3)C2)OC1(C)C. The fourth-order valence-corrected chi connectivity index (χ4v) is 3.14. The Labute approximate surface area is 149 Å². The second kappa shape index (κ2) is 6.19. The van der Waals surface area contributed by atoms with Gasteiger partial charge in [-0.05, 0) is 63.5 Å². The third-order valence-electron chi connectivity index (χ3n) is 5.29. The van der Waals surface area contributed by atoms with Crippen molar-refractivity contribution in [1.29, 1.82) is 10.5 Å². The highest BCUT2D eigenvalue weighted by atomic mass is 16.7. The Morgan fingerprint density at radius 1 is 1.08 bits per heavy atom. The summed E-state index contributed by atoms with van der Waals surface area (Å²) in [4.78, 5) is 0. The van der Waals surface area contributed by atoms with E-state index in [2.05, 4.69) is 12.1 Å². The minimum atomic E-state index is -0.402. The molecule has 1 aliphatic heterocycles. The Balaban J connectivity index is 1.90. The number of hydrogen-bond donors (Lipinski definition) is 0. The van der Waals surface area contributed by atoms with Crippen LogP contribution in [0, 0.1) is 22.7 Å². The minimum absolute atomic E-state index is 0.0403. The quantitative estimate of drug-likeness (QED) is 0.759. The first kappa shape index (κ1) is 17.5. The second-order valence-corrected chi connectivity index (χ2v) is 7.59. The van der Waals surface area contributed by atoms with Crippen LogP contribution in [-0.2, 0) is 9.31 Å². The first-order valence-corrected chi connectivity index (χ1v) is 8.44. The summed E-state index contributed by atoms with van der Waals surface area (Å²) in [7, 11) is -0.392. The number of allylic oxidation sites excluding steroid dienone is 4. The highest BCUT2D eigenvalue weighted by Gasteiger charge is 2.53. The first-order chi connectivity index (χ1) is 11.8. The van der Waals surface area contributed by atoms with E-state index in [4.69, 9.17) is 14.6 Å². The predicted octanol–water partition coefficient (Wildman–Crippen LogP) is 4.26. The molecular formula is C20H21BN2O2. The third-order valence-corrected chi connectivity index (χ3v) is 5.29. The normalized spacial score (nSPS) is 24.1. The van der Waals surface area contributed by atoms with Crippen LogP contribution in [-0.4, -0.2) is 18.3 Å². The van der Waals surface area contributed by atoms with E-state index in [1.54, 1.807) is 6.07 Å². The fourth-order valence-electron chi connectivity index (χ4n) is 3.14. The molecule has 1 fully saturated rings. The smallest absolute Gasteiger partial charge is 0.403 e. The molecule has 0 N–H and O–H groups in total. The molecule has 1 unspecified atom stereocenters. The zero-order valence-corrected chi connectivity index (χ0v) is 15.0. The van der Waals surface area contributed by atoms with Crippen LogP contribution in [0.3, 0.4) is 0 Å². The Morgan fingerprint density at radius 3 is 2.36 bits per heavy atom. The number of rotatable bonds is 2. The maximum Gasteiger partial charge on any atom is 0.465 e. The Bertz CT molecular complexity index is 824. The van der Waals surface area contributed by atoms with Crippen molar-refractivity contribution in [2.24, 2.45) is 0 Å². The van der Waals surface area contributed by atoms with Crippen LogP contribution in [0.25, 0.3) is 5.57 Å². The molecule has 3 rings (SSSR count). The molecule has 0 radical (unpaired) electrons. The molecule has 1 atom stereocenters. The molecule has 1 aromatic rings. The van der Waals surface area contributed by atoms with E-state index in [-0.39, 0.29) is 5.82 Å². The van der Waals surface area contributed by atoms with Crippen molar-refractivity contribution in [1.82, 2.24) is 0 Å². The molecule has 1 aliphatic carbocycles. The fraction of sp³-hybridized carbons (Fsp3) is 0.400. The van der Waals surface area contributed by atoms with Crippen molar-refractivity contribution in [3.63, 3.8) is 0 Å². The van der Waals surface area contributed by atoms with Crippen LogP contribution in [0.5, 0.6) is 0 Å². The topological polar surface area (TPSA) is 66.0 Å². The van der Waals surface area contributed by atoms with Crippen molar-refractivity contribution < 1.29 is 9.31 Å². The van der Waals surface area contributed by atoms with Gasteiger partial charge in [0.15, 0.2) is 0 Å². The summed E-state index contributed by atoms with van der Waals surface area (Å²) in [6.45, 7) is 8.10. The Morgan fingerprint density at radius 2 is 1.76 bits per heavy atom. The van der Waals surface area contributed by atoms with Gasteiger partial charge in [-0.3, -0.25) is 0 Å². The lowest BCUT2D eigenvalue weighted by Gasteiger charge is -2.32. The average Bonchev–Trinajstić information content (AvgIpc) is 2.82. The highest BCUT2D eigenvalue weighted by Crippen LogP contribution is 2.44. The number of benzene rings is 1. The van der Waals surface area contributed by atoms with Gasteiger partial charge in [0.2, 0.25) is 0 Å². The molecule has 1 aromatic carbocycles. The van der Waals surface area contributed by atoms with Crippen molar-refractivity contribution in [3.05, 3.63) is 53.1 Å². The van der Waals surface area contributed by atoms with Crippen molar-refractivity contribution in [2.75, 3.05) is 0 Å². The van der Waals surface area contributed by atoms with Gasteiger partial charge in [-0.25, -0.2) is 0 Å². The molecule has 4 nitrogen and oxygen atoms in total. The molecule has 0 aromatic heterocycles. The summed E-state index contributed by atoms with van der Waals surface area (Å²) in [6.07, 6.45) is 4.52. The molecule has 5 heteroatoms. The first-order valence-electron chi connectivity index (χ1n) is 8.44. The van der Waals surface area contributed by atoms with Crippen LogP contribution in [0.15, 0.2) is 42.0 Å².